The second-order valence-corrected chi connectivity index (χ2v) is 6.78. The van der Waals surface area contributed by atoms with Crippen molar-refractivity contribution in [2.75, 3.05) is 59.4 Å². The minimum Gasteiger partial charge on any atom is -0.306 e. The lowest BCUT2D eigenvalue weighted by molar-refractivity contribution is -0.0535. The van der Waals surface area contributed by atoms with E-state index < -0.39 is 0 Å². The molecule has 0 radical (unpaired) electrons. The average Bonchev–Trinajstić information content (AvgIpc) is 2.38. The first kappa shape index (κ1) is 12.9. The SMILES string of the molecule is CCCN1CCN(CC2C3CC2CN(C)C3)CC1. The normalized spacial score (nSPS) is 38.7. The van der Waals surface area contributed by atoms with E-state index in [0.717, 1.165) is 17.8 Å². The smallest absolute Gasteiger partial charge is 0.0110 e. The molecule has 1 saturated carbocycles. The molecule has 1 aliphatic carbocycles. The predicted octanol–water partition coefficient (Wildman–Crippen LogP) is 1.21. The minimum absolute atomic E-state index is 1.02. The Balaban J connectivity index is 1.42. The summed E-state index contributed by atoms with van der Waals surface area (Å²) in [6.07, 6.45) is 2.82. The Morgan fingerprint density at radius 2 is 1.56 bits per heavy atom. The molecular formula is C15H29N3. The number of rotatable bonds is 4. The molecule has 0 aromatic rings. The van der Waals surface area contributed by atoms with Gasteiger partial charge in [-0.2, -0.15) is 0 Å². The fourth-order valence-corrected chi connectivity index (χ4v) is 4.33. The molecule has 2 unspecified atom stereocenters. The average molecular weight is 251 g/mol. The highest BCUT2D eigenvalue weighted by Gasteiger charge is 2.45. The molecule has 0 N–H and O–H groups in total. The van der Waals surface area contributed by atoms with Crippen molar-refractivity contribution in [2.45, 2.75) is 19.8 Å². The lowest BCUT2D eigenvalue weighted by Gasteiger charge is -2.54. The van der Waals surface area contributed by atoms with Crippen molar-refractivity contribution in [3.63, 3.8) is 0 Å². The van der Waals surface area contributed by atoms with E-state index in [1.807, 2.05) is 0 Å². The fraction of sp³-hybridized carbons (Fsp3) is 1.00. The summed E-state index contributed by atoms with van der Waals surface area (Å²) < 4.78 is 0. The van der Waals surface area contributed by atoms with Crippen LogP contribution in [0.2, 0.25) is 0 Å². The Kier molecular flexibility index (Phi) is 3.92. The van der Waals surface area contributed by atoms with Crippen molar-refractivity contribution in [1.29, 1.82) is 0 Å². The summed E-state index contributed by atoms with van der Waals surface area (Å²) in [6.45, 7) is 12.9. The summed E-state index contributed by atoms with van der Waals surface area (Å²) in [5.41, 5.74) is 0. The zero-order valence-corrected chi connectivity index (χ0v) is 12.1. The van der Waals surface area contributed by atoms with Gasteiger partial charge < -0.3 is 14.7 Å². The van der Waals surface area contributed by atoms with E-state index in [0.29, 0.717) is 0 Å². The van der Waals surface area contributed by atoms with Gasteiger partial charge in [0.1, 0.15) is 0 Å². The zero-order valence-electron chi connectivity index (χ0n) is 12.1. The molecule has 3 heteroatoms. The third-order valence-corrected chi connectivity index (χ3v) is 5.38. The summed E-state index contributed by atoms with van der Waals surface area (Å²) >= 11 is 0. The second kappa shape index (κ2) is 5.48. The van der Waals surface area contributed by atoms with Crippen LogP contribution in [0.4, 0.5) is 0 Å². The number of hydrogen-bond acceptors (Lipinski definition) is 3. The summed E-state index contributed by atoms with van der Waals surface area (Å²) in [5.74, 6) is 3.06. The Labute approximate surface area is 112 Å². The molecule has 2 heterocycles. The number of nitrogens with zero attached hydrogens (tertiary/aromatic N) is 3. The van der Waals surface area contributed by atoms with E-state index in [1.165, 1.54) is 65.2 Å². The van der Waals surface area contributed by atoms with Gasteiger partial charge in [-0.05, 0) is 44.2 Å². The van der Waals surface area contributed by atoms with Crippen LogP contribution in [-0.2, 0) is 0 Å². The van der Waals surface area contributed by atoms with Crippen LogP contribution in [0.15, 0.2) is 0 Å². The molecule has 3 fully saturated rings. The van der Waals surface area contributed by atoms with Crippen molar-refractivity contribution in [3.05, 3.63) is 0 Å². The van der Waals surface area contributed by atoms with Gasteiger partial charge >= 0.3 is 0 Å². The van der Waals surface area contributed by atoms with Gasteiger partial charge in [-0.25, -0.2) is 0 Å². The highest BCUT2D eigenvalue weighted by molar-refractivity contribution is 4.97. The summed E-state index contributed by atoms with van der Waals surface area (Å²) in [4.78, 5) is 7.90. The Morgan fingerprint density at radius 1 is 0.944 bits per heavy atom. The molecule has 0 aromatic carbocycles. The molecule has 0 spiro atoms. The molecule has 2 saturated heterocycles. The second-order valence-electron chi connectivity index (χ2n) is 6.78. The van der Waals surface area contributed by atoms with Crippen molar-refractivity contribution in [2.24, 2.45) is 17.8 Å². The van der Waals surface area contributed by atoms with Crippen molar-refractivity contribution < 1.29 is 0 Å². The molecule has 3 aliphatic rings. The number of likely N-dealkylation sites (tertiary alicyclic amines) is 1. The van der Waals surface area contributed by atoms with Gasteiger partial charge in [0, 0.05) is 45.8 Å². The van der Waals surface area contributed by atoms with Crippen LogP contribution < -0.4 is 0 Å². The third-order valence-electron chi connectivity index (χ3n) is 5.38. The molecule has 0 aromatic heterocycles. The first-order valence-electron chi connectivity index (χ1n) is 7.89. The van der Waals surface area contributed by atoms with Gasteiger partial charge in [0.15, 0.2) is 0 Å². The maximum absolute atomic E-state index is 2.74. The Morgan fingerprint density at radius 3 is 2.17 bits per heavy atom. The van der Waals surface area contributed by atoms with Crippen LogP contribution in [0, 0.1) is 17.8 Å². The van der Waals surface area contributed by atoms with Crippen LogP contribution >= 0.6 is 0 Å². The number of hydrogen-bond donors (Lipinski definition) is 0. The summed E-state index contributed by atoms with van der Waals surface area (Å²) in [5, 5.41) is 0. The molecule has 2 atom stereocenters. The molecule has 0 amide bonds. The van der Waals surface area contributed by atoms with Crippen LogP contribution in [0.5, 0.6) is 0 Å². The molecule has 2 aliphatic heterocycles. The topological polar surface area (TPSA) is 9.72 Å². The monoisotopic (exact) mass is 251 g/mol. The van der Waals surface area contributed by atoms with E-state index in [9.17, 15) is 0 Å². The van der Waals surface area contributed by atoms with Crippen molar-refractivity contribution in [3.8, 4) is 0 Å². The summed E-state index contributed by atoms with van der Waals surface area (Å²) in [7, 11) is 2.29. The van der Waals surface area contributed by atoms with Gasteiger partial charge in [-0.3, -0.25) is 0 Å². The highest BCUT2D eigenvalue weighted by atomic mass is 15.3. The largest absolute Gasteiger partial charge is 0.306 e. The maximum Gasteiger partial charge on any atom is 0.0110 e. The lowest BCUT2D eigenvalue weighted by Crippen LogP contribution is -2.58. The molecule has 3 nitrogen and oxygen atoms in total. The number of fused-ring (bicyclic) bond motifs is 2. The maximum atomic E-state index is 2.74. The molecular weight excluding hydrogens is 222 g/mol. The summed E-state index contributed by atoms with van der Waals surface area (Å²) in [6, 6.07) is 0. The molecule has 2 bridgehead atoms. The predicted molar refractivity (Wildman–Crippen MR) is 75.8 cm³/mol. The van der Waals surface area contributed by atoms with E-state index >= 15 is 0 Å². The van der Waals surface area contributed by atoms with E-state index in [4.69, 9.17) is 0 Å². The van der Waals surface area contributed by atoms with Gasteiger partial charge in [0.05, 0.1) is 0 Å². The highest BCUT2D eigenvalue weighted by Crippen LogP contribution is 2.45. The van der Waals surface area contributed by atoms with Gasteiger partial charge in [0.2, 0.25) is 0 Å². The first-order chi connectivity index (χ1) is 8.76. The van der Waals surface area contributed by atoms with E-state index in [1.54, 1.807) is 0 Å². The van der Waals surface area contributed by atoms with Gasteiger partial charge in [-0.1, -0.05) is 6.92 Å². The first-order valence-corrected chi connectivity index (χ1v) is 7.89. The van der Waals surface area contributed by atoms with Gasteiger partial charge in [0.25, 0.3) is 0 Å². The molecule has 18 heavy (non-hydrogen) atoms. The van der Waals surface area contributed by atoms with Crippen LogP contribution in [0.25, 0.3) is 0 Å². The fourth-order valence-electron chi connectivity index (χ4n) is 4.33. The third kappa shape index (κ3) is 2.59. The minimum atomic E-state index is 1.02. The number of piperidine rings is 2. The lowest BCUT2D eigenvalue weighted by atomic mass is 9.61. The van der Waals surface area contributed by atoms with Crippen LogP contribution in [0.1, 0.15) is 19.8 Å². The Bertz CT molecular complexity index is 261. The Hall–Kier alpha value is -0.120. The molecule has 104 valence electrons. The van der Waals surface area contributed by atoms with Gasteiger partial charge in [-0.15, -0.1) is 0 Å². The van der Waals surface area contributed by atoms with E-state index in [2.05, 4.69) is 28.7 Å². The molecule has 3 rings (SSSR count). The number of piperazine rings is 1. The standard InChI is InChI=1S/C15H29N3/c1-3-4-17-5-7-18(8-6-17)12-15-13-9-14(15)11-16(2)10-13/h13-15H,3-12H2,1-2H3. The van der Waals surface area contributed by atoms with E-state index in [-0.39, 0.29) is 0 Å². The van der Waals surface area contributed by atoms with Crippen LogP contribution in [0.3, 0.4) is 0 Å². The van der Waals surface area contributed by atoms with Crippen molar-refractivity contribution >= 4 is 0 Å². The van der Waals surface area contributed by atoms with Crippen LogP contribution in [-0.4, -0.2) is 74.1 Å². The van der Waals surface area contributed by atoms with Crippen molar-refractivity contribution in [1.82, 2.24) is 14.7 Å². The quantitative estimate of drug-likeness (QED) is 0.744. The zero-order chi connectivity index (χ0) is 12.5.